The first kappa shape index (κ1) is 21.2. The Morgan fingerprint density at radius 3 is 1.92 bits per heavy atom. The Kier molecular flexibility index (Phi) is 7.34. The fourth-order valence-electron chi connectivity index (χ4n) is 1.77. The van der Waals surface area contributed by atoms with E-state index in [4.69, 9.17) is 19.1 Å². The molecule has 26 heavy (non-hydrogen) atoms. The number of carboxylic acids is 1. The molecule has 1 unspecified atom stereocenters. The third kappa shape index (κ3) is 5.89. The van der Waals surface area contributed by atoms with Crippen LogP contribution in [0.15, 0.2) is 18.2 Å². The molecule has 0 aromatic heterocycles. The maximum Gasteiger partial charge on any atom is 0.513 e. The van der Waals surface area contributed by atoms with Crippen molar-refractivity contribution in [3.8, 4) is 11.5 Å². The number of benzene rings is 1. The van der Waals surface area contributed by atoms with Crippen molar-refractivity contribution in [2.24, 2.45) is 0 Å². The van der Waals surface area contributed by atoms with Gasteiger partial charge in [-0.1, -0.05) is 6.07 Å². The molecule has 0 spiro atoms. The minimum absolute atomic E-state index is 0.00513. The Hall–Kier alpha value is -2.86. The lowest BCUT2D eigenvalue weighted by Crippen LogP contribution is -2.21. The second-order valence-corrected chi connectivity index (χ2v) is 6.01. The number of aliphatic carboxylic acids is 1. The van der Waals surface area contributed by atoms with E-state index < -0.39 is 45.0 Å². The van der Waals surface area contributed by atoms with Crippen molar-refractivity contribution in [2.45, 2.75) is 19.1 Å². The Morgan fingerprint density at radius 2 is 1.50 bits per heavy atom. The molecular formula is C14H16O11S. The van der Waals surface area contributed by atoms with Crippen LogP contribution in [0.4, 0.5) is 9.59 Å². The zero-order valence-electron chi connectivity index (χ0n) is 13.7. The molecule has 1 rings (SSSR count). The van der Waals surface area contributed by atoms with Crippen LogP contribution in [0.5, 0.6) is 11.5 Å². The van der Waals surface area contributed by atoms with Gasteiger partial charge in [0.1, 0.15) is 0 Å². The fourth-order valence-corrected chi connectivity index (χ4v) is 2.51. The minimum Gasteiger partial charge on any atom is -0.480 e. The molecule has 0 aliphatic rings. The molecule has 0 radical (unpaired) electrons. The van der Waals surface area contributed by atoms with Crippen molar-refractivity contribution in [3.05, 3.63) is 23.8 Å². The molecule has 2 N–H and O–H groups in total. The van der Waals surface area contributed by atoms with E-state index in [1.807, 2.05) is 0 Å². The molecule has 0 saturated carbocycles. The number of carbonyl (C=O) groups is 3. The van der Waals surface area contributed by atoms with Crippen LogP contribution in [-0.2, 0) is 24.4 Å². The van der Waals surface area contributed by atoms with Crippen LogP contribution in [0.1, 0.15) is 24.7 Å². The number of ether oxygens (including phenoxy) is 4. The summed E-state index contributed by atoms with van der Waals surface area (Å²) in [4.78, 5) is 34.1. The van der Waals surface area contributed by atoms with Crippen LogP contribution in [-0.4, -0.2) is 49.6 Å². The summed E-state index contributed by atoms with van der Waals surface area (Å²) < 4.78 is 50.4. The zero-order chi connectivity index (χ0) is 19.9. The number of hydrogen-bond donors (Lipinski definition) is 2. The van der Waals surface area contributed by atoms with Crippen LogP contribution in [0, 0.1) is 0 Å². The van der Waals surface area contributed by atoms with Crippen LogP contribution in [0.2, 0.25) is 0 Å². The van der Waals surface area contributed by atoms with E-state index in [-0.39, 0.29) is 19.0 Å². The van der Waals surface area contributed by atoms with Gasteiger partial charge in [-0.05, 0) is 31.5 Å². The van der Waals surface area contributed by atoms with E-state index in [1.165, 1.54) is 13.8 Å². The summed E-state index contributed by atoms with van der Waals surface area (Å²) in [5, 5.41) is 6.68. The summed E-state index contributed by atoms with van der Waals surface area (Å²) in [6.45, 7) is 2.96. The molecule has 1 aromatic rings. The van der Waals surface area contributed by atoms with Crippen LogP contribution >= 0.6 is 0 Å². The molecule has 0 aliphatic heterocycles. The van der Waals surface area contributed by atoms with Gasteiger partial charge in [0, 0.05) is 0 Å². The highest BCUT2D eigenvalue weighted by Crippen LogP contribution is 2.33. The lowest BCUT2D eigenvalue weighted by Gasteiger charge is -2.14. The highest BCUT2D eigenvalue weighted by Gasteiger charge is 2.34. The number of hydrogen-bond acceptors (Lipinski definition) is 9. The quantitative estimate of drug-likeness (QED) is 0.395. The van der Waals surface area contributed by atoms with E-state index in [0.717, 1.165) is 18.2 Å². The first-order valence-electron chi connectivity index (χ1n) is 7.12. The molecule has 0 aliphatic carbocycles. The van der Waals surface area contributed by atoms with Crippen molar-refractivity contribution in [1.29, 1.82) is 0 Å². The summed E-state index contributed by atoms with van der Waals surface area (Å²) in [5.41, 5.74) is -0.449. The maximum atomic E-state index is 11.5. The van der Waals surface area contributed by atoms with Gasteiger partial charge >= 0.3 is 18.3 Å². The predicted octanol–water partition coefficient (Wildman–Crippen LogP) is 1.77. The standard InChI is InChI=1S/C14H16O11S/c1-3-22-13(17)24-9-6-5-8(11(12(15)16)26(19,20)21)7-10(9)25-14(18)23-4-2/h5-7,11H,3-4H2,1-2H3,(H,15,16)(H,19,20,21). The van der Waals surface area contributed by atoms with Gasteiger partial charge in [-0.15, -0.1) is 0 Å². The zero-order valence-corrected chi connectivity index (χ0v) is 14.5. The first-order valence-corrected chi connectivity index (χ1v) is 8.62. The van der Waals surface area contributed by atoms with Gasteiger partial charge in [0.2, 0.25) is 5.25 Å². The highest BCUT2D eigenvalue weighted by molar-refractivity contribution is 7.86. The van der Waals surface area contributed by atoms with Crippen molar-refractivity contribution in [2.75, 3.05) is 13.2 Å². The van der Waals surface area contributed by atoms with E-state index in [2.05, 4.69) is 9.47 Å². The van der Waals surface area contributed by atoms with E-state index in [9.17, 15) is 22.8 Å². The average molecular weight is 392 g/mol. The summed E-state index contributed by atoms with van der Waals surface area (Å²) in [5.74, 6) is -2.74. The molecule has 0 bridgehead atoms. The lowest BCUT2D eigenvalue weighted by molar-refractivity contribution is -0.136. The van der Waals surface area contributed by atoms with Crippen LogP contribution in [0.3, 0.4) is 0 Å². The van der Waals surface area contributed by atoms with Crippen molar-refractivity contribution >= 4 is 28.4 Å². The Morgan fingerprint density at radius 1 is 1.00 bits per heavy atom. The van der Waals surface area contributed by atoms with Crippen molar-refractivity contribution in [1.82, 2.24) is 0 Å². The summed E-state index contributed by atoms with van der Waals surface area (Å²) in [6.07, 6.45) is -2.35. The Balaban J connectivity index is 3.34. The van der Waals surface area contributed by atoms with Gasteiger partial charge in [0.05, 0.1) is 13.2 Å². The normalized spacial score (nSPS) is 12.0. The summed E-state index contributed by atoms with van der Waals surface area (Å²) in [7, 11) is -5.02. The van der Waals surface area contributed by atoms with E-state index in [1.54, 1.807) is 0 Å². The maximum absolute atomic E-state index is 11.5. The smallest absolute Gasteiger partial charge is 0.480 e. The predicted molar refractivity (Wildman–Crippen MR) is 83.7 cm³/mol. The minimum atomic E-state index is -5.02. The highest BCUT2D eigenvalue weighted by atomic mass is 32.2. The molecule has 12 heteroatoms. The molecule has 144 valence electrons. The largest absolute Gasteiger partial charge is 0.513 e. The molecule has 1 atom stereocenters. The lowest BCUT2D eigenvalue weighted by atomic mass is 10.1. The van der Waals surface area contributed by atoms with Gasteiger partial charge in [-0.3, -0.25) is 9.35 Å². The van der Waals surface area contributed by atoms with Gasteiger partial charge < -0.3 is 24.1 Å². The molecular weight excluding hydrogens is 376 g/mol. The van der Waals surface area contributed by atoms with Gasteiger partial charge in [-0.2, -0.15) is 8.42 Å². The number of carbonyl (C=O) groups excluding carboxylic acids is 2. The topological polar surface area (TPSA) is 163 Å². The van der Waals surface area contributed by atoms with Crippen molar-refractivity contribution < 1.29 is 51.4 Å². The third-order valence-corrected chi connectivity index (χ3v) is 3.77. The van der Waals surface area contributed by atoms with Gasteiger partial charge in [-0.25, -0.2) is 9.59 Å². The molecule has 1 aromatic carbocycles. The van der Waals surface area contributed by atoms with Crippen molar-refractivity contribution in [3.63, 3.8) is 0 Å². The Labute approximate surface area is 148 Å². The molecule has 11 nitrogen and oxygen atoms in total. The van der Waals surface area contributed by atoms with Gasteiger partial charge in [0.25, 0.3) is 10.1 Å². The summed E-state index contributed by atoms with van der Waals surface area (Å²) >= 11 is 0. The van der Waals surface area contributed by atoms with E-state index in [0.29, 0.717) is 0 Å². The molecule has 0 fully saturated rings. The summed E-state index contributed by atoms with van der Waals surface area (Å²) in [6, 6.07) is 2.74. The second-order valence-electron chi connectivity index (χ2n) is 4.51. The fraction of sp³-hybridized carbons (Fsp3) is 0.357. The SMILES string of the molecule is CCOC(=O)Oc1ccc(C(C(=O)O)S(=O)(=O)O)cc1OC(=O)OCC. The van der Waals surface area contributed by atoms with Crippen LogP contribution in [0.25, 0.3) is 0 Å². The number of carboxylic acid groups (broad SMARTS) is 1. The van der Waals surface area contributed by atoms with Crippen LogP contribution < -0.4 is 9.47 Å². The average Bonchev–Trinajstić information content (AvgIpc) is 2.48. The number of rotatable bonds is 7. The first-order chi connectivity index (χ1) is 12.1. The molecule has 0 heterocycles. The monoisotopic (exact) mass is 392 g/mol. The van der Waals surface area contributed by atoms with E-state index >= 15 is 0 Å². The third-order valence-electron chi connectivity index (χ3n) is 2.70. The van der Waals surface area contributed by atoms with Gasteiger partial charge in [0.15, 0.2) is 11.5 Å². The molecule has 0 saturated heterocycles. The molecule has 0 amide bonds. The Bertz CT molecular complexity index is 784. The second kappa shape index (κ2) is 9.01.